The summed E-state index contributed by atoms with van der Waals surface area (Å²) in [5.41, 5.74) is 3.39. The first-order chi connectivity index (χ1) is 14.1. The quantitative estimate of drug-likeness (QED) is 0.711. The number of fused-ring (bicyclic) bond motifs is 3. The molecule has 1 amide bonds. The van der Waals surface area contributed by atoms with Crippen molar-refractivity contribution >= 4 is 28.5 Å². The van der Waals surface area contributed by atoms with Crippen molar-refractivity contribution in [2.45, 2.75) is 59.4 Å². The Hall–Kier alpha value is -2.34. The van der Waals surface area contributed by atoms with Gasteiger partial charge in [0.25, 0.3) is 0 Å². The largest absolute Gasteiger partial charge is 0.464 e. The van der Waals surface area contributed by atoms with Gasteiger partial charge in [-0.15, -0.1) is 0 Å². The van der Waals surface area contributed by atoms with E-state index in [2.05, 4.69) is 36.0 Å². The Morgan fingerprint density at radius 2 is 2.03 bits per heavy atom. The highest BCUT2D eigenvalue weighted by Crippen LogP contribution is 2.52. The predicted octanol–water partition coefficient (Wildman–Crippen LogP) is 4.49. The van der Waals surface area contributed by atoms with E-state index in [0.29, 0.717) is 29.0 Å². The molecule has 4 rings (SSSR count). The number of nitrogens with zero attached hydrogens (tertiary/aromatic N) is 1. The first-order valence-corrected chi connectivity index (χ1v) is 10.8. The van der Waals surface area contributed by atoms with Crippen molar-refractivity contribution in [3.05, 3.63) is 29.5 Å². The van der Waals surface area contributed by atoms with Gasteiger partial charge in [-0.05, 0) is 49.1 Å². The summed E-state index contributed by atoms with van der Waals surface area (Å²) in [6.45, 7) is 10.9. The van der Waals surface area contributed by atoms with Gasteiger partial charge in [0, 0.05) is 36.5 Å². The number of aromatic nitrogens is 1. The van der Waals surface area contributed by atoms with E-state index < -0.39 is 5.97 Å². The molecule has 30 heavy (non-hydrogen) atoms. The Morgan fingerprint density at radius 1 is 1.27 bits per heavy atom. The van der Waals surface area contributed by atoms with Gasteiger partial charge in [-0.3, -0.25) is 9.69 Å². The standard InChI is InChI=1S/C24H33N3O3/c1-15-6-7-18-17(10-15)20(21(25-18)22(29)30-5)26-19(28)8-9-27-14-24(4)12-16(27)11-23(2,3)13-24/h6-7,10,16,25H,8-9,11-14H2,1-5H3,(H,26,28). The number of benzene rings is 1. The SMILES string of the molecule is COC(=O)c1[nH]c2ccc(C)cc2c1NC(=O)CCN1CC2(C)CC1CC(C)(C)C2. The van der Waals surface area contributed by atoms with Crippen LogP contribution in [0.5, 0.6) is 0 Å². The van der Waals surface area contributed by atoms with Gasteiger partial charge in [0.15, 0.2) is 0 Å². The lowest BCUT2D eigenvalue weighted by Gasteiger charge is -2.39. The molecule has 162 valence electrons. The molecule has 1 saturated heterocycles. The second-order valence-electron chi connectivity index (χ2n) is 10.4. The molecule has 6 nitrogen and oxygen atoms in total. The number of aryl methyl sites for hydroxylation is 1. The third kappa shape index (κ3) is 3.97. The number of ether oxygens (including phenoxy) is 1. The lowest BCUT2D eigenvalue weighted by Crippen LogP contribution is -2.35. The monoisotopic (exact) mass is 411 g/mol. The van der Waals surface area contributed by atoms with E-state index in [0.717, 1.165) is 29.6 Å². The third-order valence-corrected chi connectivity index (χ3v) is 6.76. The van der Waals surface area contributed by atoms with Crippen molar-refractivity contribution < 1.29 is 14.3 Å². The lowest BCUT2D eigenvalue weighted by molar-refractivity contribution is -0.116. The molecule has 1 aliphatic carbocycles. The van der Waals surface area contributed by atoms with Gasteiger partial charge >= 0.3 is 5.97 Å². The molecule has 2 aliphatic rings. The molecule has 2 bridgehead atoms. The molecule has 0 spiro atoms. The highest BCUT2D eigenvalue weighted by atomic mass is 16.5. The Kier molecular flexibility index (Phi) is 5.17. The summed E-state index contributed by atoms with van der Waals surface area (Å²) in [7, 11) is 1.35. The molecule has 1 aromatic carbocycles. The van der Waals surface area contributed by atoms with Gasteiger partial charge in [-0.2, -0.15) is 0 Å². The van der Waals surface area contributed by atoms with Crippen LogP contribution in [0.25, 0.3) is 10.9 Å². The highest BCUT2D eigenvalue weighted by Gasteiger charge is 2.49. The number of anilines is 1. The summed E-state index contributed by atoms with van der Waals surface area (Å²) in [6.07, 6.45) is 4.08. The van der Waals surface area contributed by atoms with E-state index in [1.807, 2.05) is 25.1 Å². The van der Waals surface area contributed by atoms with Gasteiger partial charge in [-0.25, -0.2) is 4.79 Å². The first-order valence-electron chi connectivity index (χ1n) is 10.8. The molecule has 6 heteroatoms. The van der Waals surface area contributed by atoms with E-state index >= 15 is 0 Å². The Balaban J connectivity index is 1.48. The van der Waals surface area contributed by atoms with Crippen LogP contribution in [-0.2, 0) is 9.53 Å². The topological polar surface area (TPSA) is 74.4 Å². The van der Waals surface area contributed by atoms with Gasteiger partial charge in [-0.1, -0.05) is 32.4 Å². The molecule has 1 saturated carbocycles. The predicted molar refractivity (Wildman–Crippen MR) is 119 cm³/mol. The van der Waals surface area contributed by atoms with Crippen molar-refractivity contribution in [1.29, 1.82) is 0 Å². The van der Waals surface area contributed by atoms with Crippen LogP contribution in [-0.4, -0.2) is 48.0 Å². The maximum Gasteiger partial charge on any atom is 0.356 e. The zero-order valence-corrected chi connectivity index (χ0v) is 18.7. The lowest BCUT2D eigenvalue weighted by atomic mass is 9.65. The second kappa shape index (κ2) is 7.41. The molecule has 2 heterocycles. The number of carbonyl (C=O) groups excluding carboxylic acids is 2. The van der Waals surface area contributed by atoms with E-state index in [1.54, 1.807) is 0 Å². The van der Waals surface area contributed by atoms with Crippen molar-refractivity contribution in [3.8, 4) is 0 Å². The van der Waals surface area contributed by atoms with E-state index in [4.69, 9.17) is 4.74 Å². The Bertz CT molecular complexity index is 993. The number of likely N-dealkylation sites (tertiary alicyclic amines) is 1. The minimum absolute atomic E-state index is 0.0755. The molecular formula is C24H33N3O3. The fourth-order valence-electron chi connectivity index (χ4n) is 5.98. The Labute approximate surface area is 178 Å². The zero-order valence-electron chi connectivity index (χ0n) is 18.7. The molecule has 2 N–H and O–H groups in total. The number of esters is 1. The van der Waals surface area contributed by atoms with Crippen molar-refractivity contribution in [3.63, 3.8) is 0 Å². The van der Waals surface area contributed by atoms with Crippen LogP contribution in [0.15, 0.2) is 18.2 Å². The van der Waals surface area contributed by atoms with E-state index in [9.17, 15) is 9.59 Å². The zero-order chi connectivity index (χ0) is 21.7. The van der Waals surface area contributed by atoms with Gasteiger partial charge in [0.2, 0.25) is 5.91 Å². The average molecular weight is 412 g/mol. The molecule has 2 unspecified atom stereocenters. The second-order valence-corrected chi connectivity index (χ2v) is 10.4. The third-order valence-electron chi connectivity index (χ3n) is 6.76. The van der Waals surface area contributed by atoms with Crippen molar-refractivity contribution in [2.75, 3.05) is 25.5 Å². The maximum absolute atomic E-state index is 12.9. The van der Waals surface area contributed by atoms with Crippen LogP contribution < -0.4 is 5.32 Å². The van der Waals surface area contributed by atoms with Gasteiger partial charge in [0.05, 0.1) is 12.8 Å². The van der Waals surface area contributed by atoms with Crippen molar-refractivity contribution in [1.82, 2.24) is 9.88 Å². The fourth-order valence-corrected chi connectivity index (χ4v) is 5.98. The molecule has 2 aromatic rings. The average Bonchev–Trinajstić information content (AvgIpc) is 3.12. The van der Waals surface area contributed by atoms with Gasteiger partial charge in [0.1, 0.15) is 5.69 Å². The van der Waals surface area contributed by atoms with Crippen molar-refractivity contribution in [2.24, 2.45) is 10.8 Å². The number of amides is 1. The number of H-pyrrole nitrogens is 1. The minimum Gasteiger partial charge on any atom is -0.464 e. The number of methoxy groups -OCH3 is 1. The number of rotatable bonds is 5. The summed E-state index contributed by atoms with van der Waals surface area (Å²) in [5, 5.41) is 3.82. The van der Waals surface area contributed by atoms with Crippen LogP contribution in [0.2, 0.25) is 0 Å². The summed E-state index contributed by atoms with van der Waals surface area (Å²) in [4.78, 5) is 30.7. The van der Waals surface area contributed by atoms with Crippen LogP contribution in [0.4, 0.5) is 5.69 Å². The molecule has 0 radical (unpaired) electrons. The highest BCUT2D eigenvalue weighted by molar-refractivity contribution is 6.11. The number of nitrogens with one attached hydrogen (secondary N) is 2. The molecule has 1 aromatic heterocycles. The Morgan fingerprint density at radius 3 is 2.77 bits per heavy atom. The fraction of sp³-hybridized carbons (Fsp3) is 0.583. The van der Waals surface area contributed by atoms with E-state index in [1.165, 1.54) is 26.4 Å². The number of carbonyl (C=O) groups is 2. The normalized spacial score (nSPS) is 25.4. The van der Waals surface area contributed by atoms with Gasteiger partial charge < -0.3 is 15.0 Å². The maximum atomic E-state index is 12.9. The number of aromatic amines is 1. The summed E-state index contributed by atoms with van der Waals surface area (Å²) in [6, 6.07) is 6.42. The summed E-state index contributed by atoms with van der Waals surface area (Å²) >= 11 is 0. The number of hydrogen-bond acceptors (Lipinski definition) is 4. The molecule has 1 aliphatic heterocycles. The first kappa shape index (κ1) is 20.9. The molecule has 2 atom stereocenters. The minimum atomic E-state index is -0.484. The van der Waals surface area contributed by atoms with Crippen LogP contribution >= 0.6 is 0 Å². The number of hydrogen-bond donors (Lipinski definition) is 2. The summed E-state index contributed by atoms with van der Waals surface area (Å²) < 4.78 is 4.91. The van der Waals surface area contributed by atoms with Crippen LogP contribution in [0.1, 0.15) is 62.5 Å². The summed E-state index contributed by atoms with van der Waals surface area (Å²) in [5.74, 6) is -0.559. The van der Waals surface area contributed by atoms with Crippen LogP contribution in [0, 0.1) is 17.8 Å². The molecular weight excluding hydrogens is 378 g/mol. The molecule has 2 fully saturated rings. The smallest absolute Gasteiger partial charge is 0.356 e. The van der Waals surface area contributed by atoms with E-state index in [-0.39, 0.29) is 11.6 Å². The van der Waals surface area contributed by atoms with Crippen LogP contribution in [0.3, 0.4) is 0 Å².